The van der Waals surface area contributed by atoms with Crippen LogP contribution in [0.2, 0.25) is 5.02 Å². The molecule has 40 heavy (non-hydrogen) atoms. The number of rotatable bonds is 7. The Morgan fingerprint density at radius 2 is 2.05 bits per heavy atom. The van der Waals surface area contributed by atoms with E-state index in [-0.39, 0.29) is 34.1 Å². The standard InChI is InChI=1S/C29H30ClFN6O3/c1-35(2)14-5-9-24(38)36-15-4-6-19(16-36)37-17-21(25-26(37)29(39)34-33-28(25)32)18-10-12-20(13-11-18)40-27-22(30)7-3-8-23(27)31/h3,5,7-13,17,19H,4,6,14-16H2,1-2H3,(H2,32,33)(H,34,39)/b9-5+. The molecular formula is C29H30ClFN6O3. The molecule has 1 amide bonds. The first-order chi connectivity index (χ1) is 19.2. The van der Waals surface area contributed by atoms with Crippen molar-refractivity contribution in [3.05, 3.63) is 82.0 Å². The largest absolute Gasteiger partial charge is 0.453 e. The first-order valence-electron chi connectivity index (χ1n) is 12.9. The van der Waals surface area contributed by atoms with Crippen LogP contribution in [0.25, 0.3) is 22.0 Å². The third-order valence-electron chi connectivity index (χ3n) is 6.92. The highest BCUT2D eigenvalue weighted by Gasteiger charge is 2.27. The van der Waals surface area contributed by atoms with Crippen LogP contribution in [0.5, 0.6) is 11.5 Å². The van der Waals surface area contributed by atoms with E-state index in [1.165, 1.54) is 12.1 Å². The summed E-state index contributed by atoms with van der Waals surface area (Å²) in [4.78, 5) is 29.7. The number of likely N-dealkylation sites (tertiary alicyclic amines) is 1. The van der Waals surface area contributed by atoms with E-state index in [4.69, 9.17) is 22.1 Å². The van der Waals surface area contributed by atoms with Crippen LogP contribution in [-0.2, 0) is 4.79 Å². The first-order valence-corrected chi connectivity index (χ1v) is 13.3. The van der Waals surface area contributed by atoms with Gasteiger partial charge in [-0.1, -0.05) is 35.9 Å². The Morgan fingerprint density at radius 1 is 1.27 bits per heavy atom. The summed E-state index contributed by atoms with van der Waals surface area (Å²) < 4.78 is 21.8. The molecule has 5 rings (SSSR count). The van der Waals surface area contributed by atoms with Crippen molar-refractivity contribution in [2.75, 3.05) is 39.5 Å². The summed E-state index contributed by atoms with van der Waals surface area (Å²) in [5.41, 5.74) is 7.80. The maximum absolute atomic E-state index is 14.2. The molecule has 0 radical (unpaired) electrons. The molecule has 208 valence electrons. The molecule has 1 saturated heterocycles. The number of carbonyl (C=O) groups is 1. The number of benzene rings is 2. The van der Waals surface area contributed by atoms with Gasteiger partial charge in [0.15, 0.2) is 17.4 Å². The van der Waals surface area contributed by atoms with E-state index >= 15 is 0 Å². The molecule has 0 aliphatic carbocycles. The number of carbonyl (C=O) groups excluding carboxylic acids is 1. The highest BCUT2D eigenvalue weighted by molar-refractivity contribution is 6.32. The molecule has 1 atom stereocenters. The lowest BCUT2D eigenvalue weighted by Crippen LogP contribution is -2.40. The van der Waals surface area contributed by atoms with E-state index in [0.717, 1.165) is 24.0 Å². The van der Waals surface area contributed by atoms with Crippen molar-refractivity contribution in [2.45, 2.75) is 18.9 Å². The van der Waals surface area contributed by atoms with Gasteiger partial charge >= 0.3 is 0 Å². The second-order valence-corrected chi connectivity index (χ2v) is 10.4. The number of anilines is 1. The average Bonchev–Trinajstić information content (AvgIpc) is 3.35. The van der Waals surface area contributed by atoms with Crippen molar-refractivity contribution in [1.82, 2.24) is 24.6 Å². The van der Waals surface area contributed by atoms with Gasteiger partial charge in [-0.25, -0.2) is 9.49 Å². The van der Waals surface area contributed by atoms with Crippen molar-refractivity contribution in [2.24, 2.45) is 0 Å². The Labute approximate surface area is 235 Å². The lowest BCUT2D eigenvalue weighted by Gasteiger charge is -2.33. The number of fused-ring (bicyclic) bond motifs is 1. The summed E-state index contributed by atoms with van der Waals surface area (Å²) in [5.74, 6) is -0.0828. The molecule has 2 aromatic carbocycles. The van der Waals surface area contributed by atoms with Gasteiger partial charge in [-0.15, -0.1) is 0 Å². The molecular weight excluding hydrogens is 535 g/mol. The lowest BCUT2D eigenvalue weighted by atomic mass is 10.1. The number of para-hydroxylation sites is 1. The predicted octanol–water partition coefficient (Wildman–Crippen LogP) is 4.84. The Bertz CT molecular complexity index is 1610. The molecule has 3 N–H and O–H groups in total. The van der Waals surface area contributed by atoms with Gasteiger partial charge in [-0.3, -0.25) is 9.59 Å². The number of likely N-dealkylation sites (N-methyl/N-ethyl adjacent to an activating group) is 1. The molecule has 1 fully saturated rings. The smallest absolute Gasteiger partial charge is 0.288 e. The van der Waals surface area contributed by atoms with Gasteiger partial charge in [-0.2, -0.15) is 5.10 Å². The minimum Gasteiger partial charge on any atom is -0.453 e. The fourth-order valence-corrected chi connectivity index (χ4v) is 5.20. The molecule has 4 aromatic rings. The molecule has 11 heteroatoms. The number of amides is 1. The number of hydrogen-bond donors (Lipinski definition) is 2. The predicted molar refractivity (Wildman–Crippen MR) is 154 cm³/mol. The SMILES string of the molecule is CN(C)C/C=C/C(=O)N1CCCC(n2cc(-c3ccc(Oc4c(F)cccc4Cl)cc3)c3c(N)n[nH]c(=O)c32)C1. The highest BCUT2D eigenvalue weighted by atomic mass is 35.5. The molecule has 0 bridgehead atoms. The molecule has 3 heterocycles. The number of aromatic amines is 1. The topological polar surface area (TPSA) is 109 Å². The van der Waals surface area contributed by atoms with E-state index in [2.05, 4.69) is 10.2 Å². The fourth-order valence-electron chi connectivity index (χ4n) is 4.99. The third kappa shape index (κ3) is 5.59. The number of H-pyrrole nitrogens is 1. The number of piperidine rings is 1. The molecule has 1 aliphatic heterocycles. The summed E-state index contributed by atoms with van der Waals surface area (Å²) in [7, 11) is 3.88. The van der Waals surface area contributed by atoms with Gasteiger partial charge in [0, 0.05) is 37.5 Å². The molecule has 0 saturated carbocycles. The maximum Gasteiger partial charge on any atom is 0.288 e. The maximum atomic E-state index is 14.2. The molecule has 1 unspecified atom stereocenters. The summed E-state index contributed by atoms with van der Waals surface area (Å²) >= 11 is 6.10. The first kappa shape index (κ1) is 27.4. The van der Waals surface area contributed by atoms with Crippen LogP contribution >= 0.6 is 11.6 Å². The molecule has 2 aromatic heterocycles. The summed E-state index contributed by atoms with van der Waals surface area (Å²) in [6, 6.07) is 11.2. The Balaban J connectivity index is 1.47. The number of nitrogens with zero attached hydrogens (tertiary/aromatic N) is 4. The zero-order valence-electron chi connectivity index (χ0n) is 22.2. The van der Waals surface area contributed by atoms with Gasteiger partial charge in [0.1, 0.15) is 11.3 Å². The van der Waals surface area contributed by atoms with E-state index in [1.54, 1.807) is 36.4 Å². The summed E-state index contributed by atoms with van der Waals surface area (Å²) in [6.45, 7) is 1.79. The van der Waals surface area contributed by atoms with Crippen molar-refractivity contribution < 1.29 is 13.9 Å². The third-order valence-corrected chi connectivity index (χ3v) is 7.22. The van der Waals surface area contributed by atoms with Crippen molar-refractivity contribution >= 4 is 34.2 Å². The Morgan fingerprint density at radius 3 is 2.77 bits per heavy atom. The molecule has 1 aliphatic rings. The van der Waals surface area contributed by atoms with E-state index < -0.39 is 5.82 Å². The van der Waals surface area contributed by atoms with Gasteiger partial charge in [0.05, 0.1) is 16.5 Å². The zero-order chi connectivity index (χ0) is 28.4. The quantitative estimate of drug-likeness (QED) is 0.311. The number of hydrogen-bond acceptors (Lipinski definition) is 6. The van der Waals surface area contributed by atoms with Crippen LogP contribution in [0.15, 0.2) is 65.6 Å². The number of aromatic nitrogens is 3. The van der Waals surface area contributed by atoms with E-state index in [0.29, 0.717) is 36.3 Å². The summed E-state index contributed by atoms with van der Waals surface area (Å²) in [6.07, 6.45) is 6.94. The van der Waals surface area contributed by atoms with Gasteiger partial charge in [-0.05, 0) is 56.8 Å². The molecule has 0 spiro atoms. The second kappa shape index (κ2) is 11.5. The second-order valence-electron chi connectivity index (χ2n) is 10.0. The van der Waals surface area contributed by atoms with Crippen molar-refractivity contribution in [1.29, 1.82) is 0 Å². The average molecular weight is 565 g/mol. The van der Waals surface area contributed by atoms with E-state index in [1.807, 2.05) is 40.7 Å². The van der Waals surface area contributed by atoms with Gasteiger partial charge in [0.25, 0.3) is 5.56 Å². The van der Waals surface area contributed by atoms with Gasteiger partial charge < -0.3 is 24.8 Å². The Hall–Kier alpha value is -4.15. The highest BCUT2D eigenvalue weighted by Crippen LogP contribution is 2.37. The van der Waals surface area contributed by atoms with Crippen molar-refractivity contribution in [3.8, 4) is 22.6 Å². The minimum atomic E-state index is -0.564. The normalized spacial score (nSPS) is 15.8. The Kier molecular flexibility index (Phi) is 7.90. The zero-order valence-corrected chi connectivity index (χ0v) is 23.0. The number of nitrogen functional groups attached to an aromatic ring is 1. The monoisotopic (exact) mass is 564 g/mol. The van der Waals surface area contributed by atoms with Crippen LogP contribution in [0, 0.1) is 5.82 Å². The van der Waals surface area contributed by atoms with Crippen LogP contribution in [0.4, 0.5) is 10.2 Å². The fraction of sp³-hybridized carbons (Fsp3) is 0.276. The number of halogens is 2. The summed E-state index contributed by atoms with van der Waals surface area (Å²) in [5, 5.41) is 7.19. The van der Waals surface area contributed by atoms with E-state index in [9.17, 15) is 14.0 Å². The van der Waals surface area contributed by atoms with Crippen LogP contribution in [-0.4, -0.2) is 64.2 Å². The lowest BCUT2D eigenvalue weighted by molar-refractivity contribution is -0.127. The van der Waals surface area contributed by atoms with Crippen LogP contribution in [0.1, 0.15) is 18.9 Å². The number of nitrogens with one attached hydrogen (secondary N) is 1. The number of ether oxygens (including phenoxy) is 1. The van der Waals surface area contributed by atoms with Crippen LogP contribution < -0.4 is 16.0 Å². The van der Waals surface area contributed by atoms with Crippen LogP contribution in [0.3, 0.4) is 0 Å². The van der Waals surface area contributed by atoms with Gasteiger partial charge in [0.2, 0.25) is 5.91 Å². The minimum absolute atomic E-state index is 0.0520. The number of nitrogens with two attached hydrogens (primary N) is 1. The molecule has 9 nitrogen and oxygen atoms in total. The van der Waals surface area contributed by atoms with Crippen molar-refractivity contribution in [3.63, 3.8) is 0 Å².